The lowest BCUT2D eigenvalue weighted by Crippen LogP contribution is -2.27. The van der Waals surface area contributed by atoms with Gasteiger partial charge in [0, 0.05) is 16.4 Å². The predicted molar refractivity (Wildman–Crippen MR) is 154 cm³/mol. The van der Waals surface area contributed by atoms with Crippen molar-refractivity contribution in [3.63, 3.8) is 0 Å². The summed E-state index contributed by atoms with van der Waals surface area (Å²) in [6.07, 6.45) is 3.06. The Morgan fingerprint density at radius 2 is 1.29 bits per heavy atom. The second-order valence-electron chi connectivity index (χ2n) is 8.80. The Balaban J connectivity index is 1.98. The van der Waals surface area contributed by atoms with Crippen molar-refractivity contribution < 1.29 is 17.7 Å². The van der Waals surface area contributed by atoms with Gasteiger partial charge in [-0.3, -0.25) is 0 Å². The molecule has 7 heteroatoms. The van der Waals surface area contributed by atoms with Crippen LogP contribution in [0.15, 0.2) is 148 Å². The fraction of sp³-hybridized carbons (Fsp3) is 0.0968. The summed E-state index contributed by atoms with van der Waals surface area (Å²) in [5.74, 6) is -0.735. The first-order valence-corrected chi connectivity index (χ1v) is 15.0. The number of aryl methyl sites for hydroxylation is 1. The number of benzene rings is 4. The molecule has 0 aliphatic carbocycles. The quantitative estimate of drug-likeness (QED) is 0.179. The average molecular weight is 544 g/mol. The van der Waals surface area contributed by atoms with Gasteiger partial charge in [0.2, 0.25) is 0 Å². The van der Waals surface area contributed by atoms with Crippen LogP contribution in [0.3, 0.4) is 0 Å². The number of hydrogen-bond acceptors (Lipinski definition) is 4. The molecule has 0 saturated carbocycles. The molecule has 0 saturated heterocycles. The van der Waals surface area contributed by atoms with Gasteiger partial charge >= 0.3 is 0 Å². The van der Waals surface area contributed by atoms with Crippen LogP contribution in [0.25, 0.3) is 5.76 Å². The van der Waals surface area contributed by atoms with Crippen molar-refractivity contribution in [2.75, 3.05) is 0 Å². The summed E-state index contributed by atoms with van der Waals surface area (Å²) in [5.41, 5.74) is 2.19. The SMILES string of the molecule is C=C[C@H]([C@@H](/C=C(\O)c1ccccc1)c1ccccc1)S(=O)(=NS(=O)(=O)c1ccc(C)cc1)c1ccccc1. The molecule has 0 aliphatic rings. The Morgan fingerprint density at radius 1 is 0.763 bits per heavy atom. The number of aliphatic hydroxyl groups excluding tert-OH is 1. The molecule has 0 bridgehead atoms. The van der Waals surface area contributed by atoms with Crippen LogP contribution in [0.1, 0.15) is 22.6 Å². The molecule has 4 rings (SSSR count). The molecule has 0 heterocycles. The van der Waals surface area contributed by atoms with Crippen LogP contribution in [-0.4, -0.2) is 23.0 Å². The number of aliphatic hydroxyl groups is 1. The van der Waals surface area contributed by atoms with E-state index < -0.39 is 30.9 Å². The van der Waals surface area contributed by atoms with E-state index in [1.165, 1.54) is 18.2 Å². The Bertz CT molecular complexity index is 1640. The van der Waals surface area contributed by atoms with Gasteiger partial charge in [-0.05, 0) is 42.8 Å². The van der Waals surface area contributed by atoms with E-state index in [9.17, 15) is 17.7 Å². The van der Waals surface area contributed by atoms with Crippen LogP contribution in [-0.2, 0) is 19.8 Å². The molecule has 0 fully saturated rings. The van der Waals surface area contributed by atoms with Gasteiger partial charge < -0.3 is 5.11 Å². The molecule has 4 aromatic rings. The molecule has 4 aromatic carbocycles. The van der Waals surface area contributed by atoms with E-state index in [0.717, 1.165) is 11.1 Å². The molecule has 0 spiro atoms. The molecule has 0 aromatic heterocycles. The highest BCUT2D eigenvalue weighted by Crippen LogP contribution is 2.35. The lowest BCUT2D eigenvalue weighted by Gasteiger charge is -2.26. The van der Waals surface area contributed by atoms with Crippen molar-refractivity contribution in [1.82, 2.24) is 0 Å². The van der Waals surface area contributed by atoms with Gasteiger partial charge in [-0.1, -0.05) is 103 Å². The summed E-state index contributed by atoms with van der Waals surface area (Å²) in [6, 6.07) is 32.8. The maximum absolute atomic E-state index is 15.0. The van der Waals surface area contributed by atoms with E-state index in [1.807, 2.05) is 43.3 Å². The maximum atomic E-state index is 15.0. The zero-order valence-electron chi connectivity index (χ0n) is 20.9. The second kappa shape index (κ2) is 11.6. The fourth-order valence-corrected chi connectivity index (χ4v) is 8.66. The van der Waals surface area contributed by atoms with Crippen molar-refractivity contribution in [2.45, 2.75) is 27.9 Å². The largest absolute Gasteiger partial charge is 0.508 e. The lowest BCUT2D eigenvalue weighted by atomic mass is 9.93. The van der Waals surface area contributed by atoms with E-state index >= 15 is 0 Å². The molecule has 5 nitrogen and oxygen atoms in total. The Morgan fingerprint density at radius 3 is 1.84 bits per heavy atom. The monoisotopic (exact) mass is 543 g/mol. The molecule has 1 unspecified atom stereocenters. The molecule has 0 radical (unpaired) electrons. The topological polar surface area (TPSA) is 83.8 Å². The van der Waals surface area contributed by atoms with Gasteiger partial charge in [-0.15, -0.1) is 10.3 Å². The highest BCUT2D eigenvalue weighted by molar-refractivity contribution is 8.03. The Kier molecular flexibility index (Phi) is 8.29. The summed E-state index contributed by atoms with van der Waals surface area (Å²) in [7, 11) is -8.00. The molecule has 0 amide bonds. The minimum atomic E-state index is -4.32. The van der Waals surface area contributed by atoms with E-state index in [0.29, 0.717) is 5.56 Å². The minimum absolute atomic E-state index is 0.0255. The first-order chi connectivity index (χ1) is 18.2. The van der Waals surface area contributed by atoms with Crippen LogP contribution >= 0.6 is 0 Å². The molecular formula is C31H29NO4S2. The number of sulfonamides is 1. The maximum Gasteiger partial charge on any atom is 0.290 e. The normalized spacial score (nSPS) is 15.1. The molecular weight excluding hydrogens is 514 g/mol. The van der Waals surface area contributed by atoms with Gasteiger partial charge in [-0.25, -0.2) is 4.21 Å². The fourth-order valence-electron chi connectivity index (χ4n) is 4.17. The summed E-state index contributed by atoms with van der Waals surface area (Å²) in [4.78, 5) is 0.211. The van der Waals surface area contributed by atoms with Crippen LogP contribution in [0, 0.1) is 6.92 Å². The number of hydrogen-bond donors (Lipinski definition) is 1. The highest BCUT2D eigenvalue weighted by atomic mass is 32.3. The number of nitrogens with zero attached hydrogens (tertiary/aromatic N) is 1. The standard InChI is InChI=1S/C31H29NO4S2/c1-3-31(29(25-13-7-4-8-14-25)23-30(33)26-15-9-5-10-16-26)37(34,27-17-11-6-12-18-27)32-38(35,36)28-21-19-24(2)20-22-28/h3-23,29,31,33H,1H2,2H3/b30-23-/t29-,31+,37?/m0/s1. The van der Waals surface area contributed by atoms with Gasteiger partial charge in [-0.2, -0.15) is 8.42 Å². The van der Waals surface area contributed by atoms with Crippen molar-refractivity contribution in [3.05, 3.63) is 151 Å². The molecule has 38 heavy (non-hydrogen) atoms. The molecule has 1 N–H and O–H groups in total. The summed E-state index contributed by atoms with van der Waals surface area (Å²) < 4.78 is 46.1. The van der Waals surface area contributed by atoms with Crippen molar-refractivity contribution >= 4 is 25.5 Å². The van der Waals surface area contributed by atoms with Crippen molar-refractivity contribution in [1.29, 1.82) is 0 Å². The zero-order chi connectivity index (χ0) is 27.2. The zero-order valence-corrected chi connectivity index (χ0v) is 22.6. The van der Waals surface area contributed by atoms with E-state index in [4.69, 9.17) is 0 Å². The summed E-state index contributed by atoms with van der Waals surface area (Å²) in [5, 5.41) is 10.1. The third kappa shape index (κ3) is 5.96. The predicted octanol–water partition coefficient (Wildman–Crippen LogP) is 7.15. The highest BCUT2D eigenvalue weighted by Gasteiger charge is 2.34. The molecule has 3 atom stereocenters. The van der Waals surface area contributed by atoms with Gasteiger partial charge in [0.15, 0.2) is 0 Å². The van der Waals surface area contributed by atoms with E-state index in [1.54, 1.807) is 72.8 Å². The smallest absolute Gasteiger partial charge is 0.290 e. The lowest BCUT2D eigenvalue weighted by molar-refractivity contribution is 0.507. The first-order valence-electron chi connectivity index (χ1n) is 12.0. The van der Waals surface area contributed by atoms with Crippen molar-refractivity contribution in [2.24, 2.45) is 3.77 Å². The van der Waals surface area contributed by atoms with Crippen LogP contribution in [0.5, 0.6) is 0 Å². The van der Waals surface area contributed by atoms with Gasteiger partial charge in [0.05, 0.1) is 19.9 Å². The van der Waals surface area contributed by atoms with Crippen LogP contribution in [0.2, 0.25) is 0 Å². The van der Waals surface area contributed by atoms with Gasteiger partial charge in [0.25, 0.3) is 10.0 Å². The molecule has 194 valence electrons. The van der Waals surface area contributed by atoms with E-state index in [2.05, 4.69) is 10.3 Å². The molecule has 0 aliphatic heterocycles. The van der Waals surface area contributed by atoms with E-state index in [-0.39, 0.29) is 15.6 Å². The minimum Gasteiger partial charge on any atom is -0.508 e. The average Bonchev–Trinajstić information content (AvgIpc) is 2.94. The first kappa shape index (κ1) is 27.1. The summed E-state index contributed by atoms with van der Waals surface area (Å²) >= 11 is 0. The second-order valence-corrected chi connectivity index (χ2v) is 13.0. The van der Waals surface area contributed by atoms with Crippen molar-refractivity contribution in [3.8, 4) is 0 Å². The third-order valence-corrected chi connectivity index (χ3v) is 10.9. The number of rotatable bonds is 9. The van der Waals surface area contributed by atoms with Gasteiger partial charge in [0.1, 0.15) is 5.76 Å². The van der Waals surface area contributed by atoms with Crippen LogP contribution in [0.4, 0.5) is 0 Å². The Labute approximate surface area is 225 Å². The summed E-state index contributed by atoms with van der Waals surface area (Å²) in [6.45, 7) is 5.80. The third-order valence-electron chi connectivity index (χ3n) is 6.16. The van der Waals surface area contributed by atoms with Crippen LogP contribution < -0.4 is 0 Å². The Hall–Kier alpha value is -3.94. The number of allylic oxidation sites excluding steroid dienone is 1.